The van der Waals surface area contributed by atoms with Crippen molar-refractivity contribution in [2.45, 2.75) is 18.9 Å². The smallest absolute Gasteiger partial charge is 0.301 e. The summed E-state index contributed by atoms with van der Waals surface area (Å²) in [5, 5.41) is 2.14. The summed E-state index contributed by atoms with van der Waals surface area (Å²) in [4.78, 5) is 4.27. The lowest BCUT2D eigenvalue weighted by Gasteiger charge is -2.05. The molecule has 106 valence electrons. The molecule has 1 saturated carbocycles. The van der Waals surface area contributed by atoms with Gasteiger partial charge in [-0.05, 0) is 25.0 Å². The summed E-state index contributed by atoms with van der Waals surface area (Å²) in [5.74, 6) is 0. The molecule has 20 heavy (non-hydrogen) atoms. The average Bonchev–Trinajstić information content (AvgIpc) is 3.04. The van der Waals surface area contributed by atoms with Crippen LogP contribution in [0.15, 0.2) is 29.6 Å². The van der Waals surface area contributed by atoms with Crippen LogP contribution in [0.4, 0.5) is 10.8 Å². The van der Waals surface area contributed by atoms with Gasteiger partial charge >= 0.3 is 10.2 Å². The quantitative estimate of drug-likeness (QED) is 0.734. The van der Waals surface area contributed by atoms with Gasteiger partial charge in [0.1, 0.15) is 0 Å². The Labute approximate surface area is 121 Å². The number of hydrogen-bond acceptors (Lipinski definition) is 5. The van der Waals surface area contributed by atoms with Crippen molar-refractivity contribution >= 4 is 32.4 Å². The van der Waals surface area contributed by atoms with Crippen LogP contribution in [0, 0.1) is 0 Å². The fourth-order valence-electron chi connectivity index (χ4n) is 1.72. The lowest BCUT2D eigenvalue weighted by Crippen LogP contribution is -2.31. The fourth-order valence-corrected chi connectivity index (χ4v) is 3.81. The first-order chi connectivity index (χ1) is 9.52. The lowest BCUT2D eigenvalue weighted by atomic mass is 10.1. The SMILES string of the molecule is Nc1cccc(-c2csc(NS(=O)(=O)NC3CC3)n2)c1. The molecule has 0 saturated heterocycles. The van der Waals surface area contributed by atoms with E-state index in [1.165, 1.54) is 11.3 Å². The molecule has 0 radical (unpaired) electrons. The normalized spacial score (nSPS) is 15.2. The third-order valence-corrected chi connectivity index (χ3v) is 4.80. The number of rotatable bonds is 5. The Hall–Kier alpha value is -1.64. The number of nitrogens with one attached hydrogen (secondary N) is 2. The average molecular weight is 310 g/mol. The van der Waals surface area contributed by atoms with Gasteiger partial charge < -0.3 is 5.73 Å². The van der Waals surface area contributed by atoms with Crippen molar-refractivity contribution in [3.05, 3.63) is 29.6 Å². The predicted octanol–water partition coefficient (Wildman–Crippen LogP) is 1.80. The molecular formula is C12H14N4O2S2. The second-order valence-corrected chi connectivity index (χ2v) is 6.97. The molecule has 8 heteroatoms. The third-order valence-electron chi connectivity index (χ3n) is 2.81. The zero-order valence-corrected chi connectivity index (χ0v) is 12.2. The standard InChI is InChI=1S/C12H14N4O2S2/c13-9-3-1-2-8(6-9)11-7-19-12(14-11)16-20(17,18)15-10-4-5-10/h1-3,6-7,10,15H,4-5,13H2,(H,14,16). The van der Waals surface area contributed by atoms with Crippen molar-refractivity contribution in [1.29, 1.82) is 0 Å². The van der Waals surface area contributed by atoms with E-state index in [0.29, 0.717) is 16.5 Å². The molecule has 6 nitrogen and oxygen atoms in total. The number of hydrogen-bond donors (Lipinski definition) is 3. The van der Waals surface area contributed by atoms with Crippen molar-refractivity contribution in [3.63, 3.8) is 0 Å². The second-order valence-electron chi connectivity index (χ2n) is 4.66. The summed E-state index contributed by atoms with van der Waals surface area (Å²) < 4.78 is 28.5. The number of aromatic nitrogens is 1. The molecule has 1 heterocycles. The minimum atomic E-state index is -3.53. The van der Waals surface area contributed by atoms with Crippen LogP contribution >= 0.6 is 11.3 Å². The number of nitrogens with zero attached hydrogens (tertiary/aromatic N) is 1. The minimum Gasteiger partial charge on any atom is -0.399 e. The van der Waals surface area contributed by atoms with Crippen LogP contribution in [0.3, 0.4) is 0 Å². The summed E-state index contributed by atoms with van der Waals surface area (Å²) >= 11 is 1.24. The Balaban J connectivity index is 1.76. The van der Waals surface area contributed by atoms with Gasteiger partial charge in [-0.15, -0.1) is 11.3 Å². The van der Waals surface area contributed by atoms with E-state index in [-0.39, 0.29) is 6.04 Å². The number of benzene rings is 1. The van der Waals surface area contributed by atoms with Gasteiger partial charge in [0.25, 0.3) is 0 Å². The molecule has 1 aliphatic carbocycles. The van der Waals surface area contributed by atoms with E-state index in [1.807, 2.05) is 12.1 Å². The van der Waals surface area contributed by atoms with E-state index in [0.717, 1.165) is 18.4 Å². The van der Waals surface area contributed by atoms with Gasteiger partial charge in [0.15, 0.2) is 5.13 Å². The molecule has 0 amide bonds. The molecule has 0 bridgehead atoms. The maximum atomic E-state index is 11.8. The molecule has 0 unspecified atom stereocenters. The number of nitrogen functional groups attached to an aromatic ring is 1. The lowest BCUT2D eigenvalue weighted by molar-refractivity contribution is 0.586. The summed E-state index contributed by atoms with van der Waals surface area (Å²) in [6.45, 7) is 0. The van der Waals surface area contributed by atoms with Gasteiger partial charge in [-0.3, -0.25) is 0 Å². The van der Waals surface area contributed by atoms with E-state index in [4.69, 9.17) is 5.73 Å². The van der Waals surface area contributed by atoms with Gasteiger partial charge in [0.05, 0.1) is 5.69 Å². The first kappa shape index (κ1) is 13.3. The van der Waals surface area contributed by atoms with E-state index >= 15 is 0 Å². The summed E-state index contributed by atoms with van der Waals surface area (Å²) in [7, 11) is -3.53. The van der Waals surface area contributed by atoms with Crippen molar-refractivity contribution < 1.29 is 8.42 Å². The predicted molar refractivity (Wildman–Crippen MR) is 80.7 cm³/mol. The summed E-state index contributed by atoms with van der Waals surface area (Å²) in [6, 6.07) is 7.38. The highest BCUT2D eigenvalue weighted by atomic mass is 32.2. The molecule has 0 spiro atoms. The van der Waals surface area contributed by atoms with Crippen molar-refractivity contribution in [2.75, 3.05) is 10.5 Å². The highest BCUT2D eigenvalue weighted by Gasteiger charge is 2.27. The highest BCUT2D eigenvalue weighted by Crippen LogP contribution is 2.27. The van der Waals surface area contributed by atoms with Crippen LogP contribution in [-0.2, 0) is 10.2 Å². The van der Waals surface area contributed by atoms with E-state index < -0.39 is 10.2 Å². The number of nitrogens with two attached hydrogens (primary N) is 1. The molecule has 4 N–H and O–H groups in total. The molecule has 1 fully saturated rings. The Morgan fingerprint density at radius 1 is 1.35 bits per heavy atom. The number of anilines is 2. The Morgan fingerprint density at radius 3 is 2.85 bits per heavy atom. The molecule has 0 aliphatic heterocycles. The largest absolute Gasteiger partial charge is 0.399 e. The maximum absolute atomic E-state index is 11.8. The topological polar surface area (TPSA) is 97.1 Å². The molecule has 1 aromatic heterocycles. The van der Waals surface area contributed by atoms with E-state index in [2.05, 4.69) is 14.4 Å². The molecule has 2 aromatic rings. The van der Waals surface area contributed by atoms with Crippen LogP contribution in [0.5, 0.6) is 0 Å². The molecule has 3 rings (SSSR count). The van der Waals surface area contributed by atoms with Crippen molar-refractivity contribution in [2.24, 2.45) is 0 Å². The zero-order chi connectivity index (χ0) is 14.2. The van der Waals surface area contributed by atoms with Gasteiger partial charge in [0.2, 0.25) is 0 Å². The van der Waals surface area contributed by atoms with Crippen LogP contribution in [-0.4, -0.2) is 19.4 Å². The Morgan fingerprint density at radius 2 is 2.15 bits per heavy atom. The number of thiazole rings is 1. The van der Waals surface area contributed by atoms with E-state index in [1.54, 1.807) is 17.5 Å². The molecule has 1 aromatic carbocycles. The van der Waals surface area contributed by atoms with Gasteiger partial charge in [0, 0.05) is 22.7 Å². The Bertz CT molecular complexity index is 723. The first-order valence-corrected chi connectivity index (χ1v) is 8.50. The monoisotopic (exact) mass is 310 g/mol. The third kappa shape index (κ3) is 3.27. The summed E-state index contributed by atoms with van der Waals surface area (Å²) in [5.41, 5.74) is 7.93. The minimum absolute atomic E-state index is 0.0702. The van der Waals surface area contributed by atoms with Crippen LogP contribution in [0.1, 0.15) is 12.8 Å². The van der Waals surface area contributed by atoms with Gasteiger partial charge in [-0.2, -0.15) is 13.1 Å². The zero-order valence-electron chi connectivity index (χ0n) is 10.5. The van der Waals surface area contributed by atoms with E-state index in [9.17, 15) is 8.42 Å². The Kier molecular flexibility index (Phi) is 3.36. The molecule has 1 aliphatic rings. The van der Waals surface area contributed by atoms with Crippen LogP contribution in [0.25, 0.3) is 11.3 Å². The van der Waals surface area contributed by atoms with Gasteiger partial charge in [-0.25, -0.2) is 9.71 Å². The second kappa shape index (κ2) is 5.04. The van der Waals surface area contributed by atoms with Gasteiger partial charge in [-0.1, -0.05) is 12.1 Å². The summed E-state index contributed by atoms with van der Waals surface area (Å²) in [6.07, 6.45) is 1.79. The van der Waals surface area contributed by atoms with Crippen molar-refractivity contribution in [3.8, 4) is 11.3 Å². The first-order valence-electron chi connectivity index (χ1n) is 6.13. The molecular weight excluding hydrogens is 296 g/mol. The maximum Gasteiger partial charge on any atom is 0.301 e. The van der Waals surface area contributed by atoms with Crippen LogP contribution < -0.4 is 15.2 Å². The van der Waals surface area contributed by atoms with Crippen LogP contribution in [0.2, 0.25) is 0 Å². The van der Waals surface area contributed by atoms with Crippen molar-refractivity contribution in [1.82, 2.24) is 9.71 Å². The fraction of sp³-hybridized carbons (Fsp3) is 0.250. The highest BCUT2D eigenvalue weighted by molar-refractivity contribution is 7.91. The molecule has 0 atom stereocenters.